The van der Waals surface area contributed by atoms with Crippen LogP contribution in [0.4, 0.5) is 5.69 Å². The van der Waals surface area contributed by atoms with Crippen molar-refractivity contribution in [3.8, 4) is 5.75 Å². The van der Waals surface area contributed by atoms with E-state index in [4.69, 9.17) is 0 Å². The number of nitrogens with zero attached hydrogens (tertiary/aromatic N) is 1. The van der Waals surface area contributed by atoms with Crippen LogP contribution in [0, 0.1) is 0 Å². The molecule has 0 aliphatic rings. The van der Waals surface area contributed by atoms with Crippen LogP contribution in [-0.4, -0.2) is 26.2 Å². The van der Waals surface area contributed by atoms with E-state index in [9.17, 15) is 5.11 Å². The summed E-state index contributed by atoms with van der Waals surface area (Å²) in [5, 5.41) is 9.53. The zero-order valence-corrected chi connectivity index (χ0v) is 10.2. The van der Waals surface area contributed by atoms with Crippen LogP contribution in [0.3, 0.4) is 0 Å². The molecular formula is C9H13BrClNO. The molecule has 0 bridgehead atoms. The predicted molar refractivity (Wildman–Crippen MR) is 55.4 cm³/mol. The van der Waals surface area contributed by atoms with Gasteiger partial charge < -0.3 is 17.5 Å². The van der Waals surface area contributed by atoms with Gasteiger partial charge in [0.25, 0.3) is 0 Å². The molecule has 2 nitrogen and oxygen atoms in total. The first-order valence-electron chi connectivity index (χ1n) is 3.72. The largest absolute Gasteiger partial charge is 1.00 e. The van der Waals surface area contributed by atoms with Gasteiger partial charge in [0.2, 0.25) is 0 Å². The second-order valence-electron chi connectivity index (χ2n) is 3.65. The molecule has 0 amide bonds. The van der Waals surface area contributed by atoms with Crippen molar-refractivity contribution in [1.82, 2.24) is 4.48 Å². The molecule has 0 aromatic heterocycles. The molecule has 0 saturated carbocycles. The molecule has 0 spiro atoms. The van der Waals surface area contributed by atoms with Gasteiger partial charge in [-0.15, -0.1) is 0 Å². The maximum Gasteiger partial charge on any atom is 0.177 e. The first kappa shape index (κ1) is 12.8. The van der Waals surface area contributed by atoms with Crippen molar-refractivity contribution in [2.75, 3.05) is 21.1 Å². The fraction of sp³-hybridized carbons (Fsp3) is 0.333. The Morgan fingerprint density at radius 2 is 1.77 bits per heavy atom. The van der Waals surface area contributed by atoms with Crippen molar-refractivity contribution in [3.63, 3.8) is 0 Å². The van der Waals surface area contributed by atoms with Crippen molar-refractivity contribution >= 4 is 21.6 Å². The lowest BCUT2D eigenvalue weighted by Crippen LogP contribution is -3.00. The highest BCUT2D eigenvalue weighted by atomic mass is 79.9. The Hall–Kier alpha value is -0.250. The second-order valence-corrected chi connectivity index (χ2v) is 4.56. The number of rotatable bonds is 1. The van der Waals surface area contributed by atoms with E-state index < -0.39 is 0 Å². The first-order valence-corrected chi connectivity index (χ1v) is 4.51. The van der Waals surface area contributed by atoms with Gasteiger partial charge in [-0.05, 0) is 12.1 Å². The molecule has 1 N–H and O–H groups in total. The number of phenols is 1. The summed E-state index contributed by atoms with van der Waals surface area (Å²) in [5.41, 5.74) is 0.907. The van der Waals surface area contributed by atoms with Gasteiger partial charge in [-0.2, -0.15) is 0 Å². The monoisotopic (exact) mass is 265 g/mol. The molecule has 0 atom stereocenters. The van der Waals surface area contributed by atoms with E-state index in [1.54, 1.807) is 6.07 Å². The molecule has 0 fully saturated rings. The average molecular weight is 267 g/mol. The number of halogens is 2. The maximum absolute atomic E-state index is 9.53. The molecular weight excluding hydrogens is 253 g/mol. The number of aromatic hydroxyl groups is 1. The topological polar surface area (TPSA) is 20.2 Å². The van der Waals surface area contributed by atoms with Gasteiger partial charge in [0.1, 0.15) is 0 Å². The summed E-state index contributed by atoms with van der Waals surface area (Å²) in [6, 6.07) is 5.45. The molecule has 0 radical (unpaired) electrons. The number of quaternary nitrogens is 1. The standard InChI is InChI=1S/C9H12BrNO.ClH/c1-11(2,3)8-6-7(10)4-5-9(8)12;/h4-6H,1-3H3;1H. The molecule has 1 aromatic rings. The Kier molecular flexibility index (Phi) is 4.23. The van der Waals surface area contributed by atoms with Gasteiger partial charge >= 0.3 is 0 Å². The molecule has 0 unspecified atom stereocenters. The fourth-order valence-corrected chi connectivity index (χ4v) is 1.38. The molecule has 1 aromatic carbocycles. The molecule has 74 valence electrons. The van der Waals surface area contributed by atoms with Gasteiger partial charge in [-0.3, -0.25) is 4.48 Å². The molecule has 1 rings (SSSR count). The summed E-state index contributed by atoms with van der Waals surface area (Å²) in [5.74, 6) is 0.339. The lowest BCUT2D eigenvalue weighted by molar-refractivity contribution is -0.00000373. The van der Waals surface area contributed by atoms with Crippen LogP contribution >= 0.6 is 15.9 Å². The van der Waals surface area contributed by atoms with Crippen LogP contribution < -0.4 is 16.9 Å². The van der Waals surface area contributed by atoms with Crippen molar-refractivity contribution in [2.24, 2.45) is 0 Å². The molecule has 0 aliphatic carbocycles. The lowest BCUT2D eigenvalue weighted by atomic mass is 10.2. The quantitative estimate of drug-likeness (QED) is 0.670. The van der Waals surface area contributed by atoms with Gasteiger partial charge in [0.05, 0.1) is 21.1 Å². The third-order valence-electron chi connectivity index (χ3n) is 1.66. The van der Waals surface area contributed by atoms with E-state index in [0.717, 1.165) is 10.2 Å². The molecule has 0 heterocycles. The lowest BCUT2D eigenvalue weighted by Gasteiger charge is -2.24. The minimum atomic E-state index is 0. The summed E-state index contributed by atoms with van der Waals surface area (Å²) >= 11 is 3.37. The van der Waals surface area contributed by atoms with Crippen LogP contribution in [0.5, 0.6) is 5.75 Å². The number of hydrogen-bond donors (Lipinski definition) is 1. The molecule has 0 saturated heterocycles. The molecule has 13 heavy (non-hydrogen) atoms. The fourth-order valence-electron chi connectivity index (χ4n) is 1.03. The van der Waals surface area contributed by atoms with Gasteiger partial charge in [-0.1, -0.05) is 15.9 Å². The van der Waals surface area contributed by atoms with Crippen LogP contribution in [0.2, 0.25) is 0 Å². The Balaban J connectivity index is 0.00000144. The first-order chi connectivity index (χ1) is 5.41. The van der Waals surface area contributed by atoms with Gasteiger partial charge in [0.15, 0.2) is 11.4 Å². The van der Waals surface area contributed by atoms with Crippen molar-refractivity contribution in [2.45, 2.75) is 0 Å². The summed E-state index contributed by atoms with van der Waals surface area (Å²) in [6.07, 6.45) is 0. The van der Waals surface area contributed by atoms with E-state index in [1.807, 2.05) is 33.3 Å². The van der Waals surface area contributed by atoms with E-state index in [0.29, 0.717) is 10.2 Å². The number of phenolic OH excluding ortho intramolecular Hbond substituents is 1. The summed E-state index contributed by atoms with van der Waals surface area (Å²) in [6.45, 7) is 0. The highest BCUT2D eigenvalue weighted by Gasteiger charge is 2.17. The molecule has 4 heteroatoms. The number of hydrogen-bond acceptors (Lipinski definition) is 1. The summed E-state index contributed by atoms with van der Waals surface area (Å²) < 4.78 is 1.61. The SMILES string of the molecule is C[N+](C)(C)c1cc(Br)ccc1O.[Cl-]. The van der Waals surface area contributed by atoms with E-state index >= 15 is 0 Å². The normalized spacial score (nSPS) is 10.8. The molecule has 0 aliphatic heterocycles. The van der Waals surface area contributed by atoms with Crippen molar-refractivity contribution in [3.05, 3.63) is 22.7 Å². The average Bonchev–Trinajstić information content (AvgIpc) is 1.92. The highest BCUT2D eigenvalue weighted by molar-refractivity contribution is 9.10. The van der Waals surface area contributed by atoms with Crippen LogP contribution in [0.25, 0.3) is 0 Å². The van der Waals surface area contributed by atoms with Crippen molar-refractivity contribution < 1.29 is 17.5 Å². The summed E-state index contributed by atoms with van der Waals surface area (Å²) in [7, 11) is 6.05. The second kappa shape index (κ2) is 4.31. The highest BCUT2D eigenvalue weighted by Crippen LogP contribution is 2.31. The zero-order chi connectivity index (χ0) is 9.35. The maximum atomic E-state index is 9.53. The van der Waals surface area contributed by atoms with E-state index in [1.165, 1.54) is 0 Å². The smallest absolute Gasteiger partial charge is 0.177 e. The van der Waals surface area contributed by atoms with Gasteiger partial charge in [0, 0.05) is 10.5 Å². The third kappa shape index (κ3) is 3.18. The van der Waals surface area contributed by atoms with Crippen molar-refractivity contribution in [1.29, 1.82) is 0 Å². The third-order valence-corrected chi connectivity index (χ3v) is 2.15. The summed E-state index contributed by atoms with van der Waals surface area (Å²) in [4.78, 5) is 0. The minimum absolute atomic E-state index is 0. The van der Waals surface area contributed by atoms with Crippen LogP contribution in [0.1, 0.15) is 0 Å². The minimum Gasteiger partial charge on any atom is -1.00 e. The van der Waals surface area contributed by atoms with E-state index in [2.05, 4.69) is 15.9 Å². The van der Waals surface area contributed by atoms with Gasteiger partial charge in [-0.25, -0.2) is 0 Å². The Morgan fingerprint density at radius 3 is 2.15 bits per heavy atom. The zero-order valence-electron chi connectivity index (χ0n) is 7.88. The Labute approximate surface area is 93.3 Å². The van der Waals surface area contributed by atoms with Crippen LogP contribution in [-0.2, 0) is 0 Å². The Bertz CT molecular complexity index is 296. The Morgan fingerprint density at radius 1 is 1.23 bits per heavy atom. The number of benzene rings is 1. The predicted octanol–water partition coefficient (Wildman–Crippen LogP) is -0.645. The van der Waals surface area contributed by atoms with Crippen LogP contribution in [0.15, 0.2) is 22.7 Å². The van der Waals surface area contributed by atoms with E-state index in [-0.39, 0.29) is 12.4 Å².